The van der Waals surface area contributed by atoms with Gasteiger partial charge in [0.05, 0.1) is 6.54 Å². The summed E-state index contributed by atoms with van der Waals surface area (Å²) in [5.41, 5.74) is 0.0776. The molecule has 0 aromatic carbocycles. The molecule has 2 rings (SSSR count). The van der Waals surface area contributed by atoms with Crippen LogP contribution in [0.3, 0.4) is 0 Å². The van der Waals surface area contributed by atoms with E-state index in [0.29, 0.717) is 5.82 Å². The molecule has 1 amide bonds. The molecule has 0 saturated carbocycles. The van der Waals surface area contributed by atoms with E-state index in [0.717, 1.165) is 0 Å². The second kappa shape index (κ2) is 5.34. The Hall–Kier alpha value is -2.64. The molecule has 0 saturated heterocycles. The van der Waals surface area contributed by atoms with Crippen LogP contribution in [0, 0.1) is 0 Å². The largest absolute Gasteiger partial charge is 0.477 e. The highest BCUT2D eigenvalue weighted by Gasteiger charge is 2.11. The van der Waals surface area contributed by atoms with E-state index in [9.17, 15) is 9.59 Å². The predicted molar refractivity (Wildman–Crippen MR) is 64.2 cm³/mol. The number of aromatic nitrogens is 4. The van der Waals surface area contributed by atoms with Crippen LogP contribution in [-0.2, 0) is 24.9 Å². The summed E-state index contributed by atoms with van der Waals surface area (Å²) in [6.07, 6.45) is 3.08. The minimum atomic E-state index is -1.06. The molecule has 2 aromatic rings. The lowest BCUT2D eigenvalue weighted by atomic mass is 10.4. The Labute approximate surface area is 108 Å². The van der Waals surface area contributed by atoms with Gasteiger partial charge in [-0.05, 0) is 12.1 Å². The van der Waals surface area contributed by atoms with Crippen LogP contribution in [0.1, 0.15) is 16.3 Å². The smallest absolute Gasteiger partial charge is 0.352 e. The van der Waals surface area contributed by atoms with Gasteiger partial charge < -0.3 is 19.6 Å². The summed E-state index contributed by atoms with van der Waals surface area (Å²) < 4.78 is 3.06. The highest BCUT2D eigenvalue weighted by Crippen LogP contribution is 2.02. The molecule has 0 unspecified atom stereocenters. The van der Waals surface area contributed by atoms with Crippen molar-refractivity contribution >= 4 is 11.9 Å². The average molecular weight is 263 g/mol. The zero-order valence-corrected chi connectivity index (χ0v) is 10.3. The molecule has 2 aromatic heterocycles. The van der Waals surface area contributed by atoms with Crippen molar-refractivity contribution in [3.63, 3.8) is 0 Å². The van der Waals surface area contributed by atoms with Gasteiger partial charge in [-0.1, -0.05) is 0 Å². The maximum atomic E-state index is 11.7. The number of amides is 1. The third-order valence-electron chi connectivity index (χ3n) is 2.61. The Kier molecular flexibility index (Phi) is 3.60. The van der Waals surface area contributed by atoms with Crippen LogP contribution in [0.15, 0.2) is 24.7 Å². The number of carboxylic acid groups (broad SMARTS) is 1. The lowest BCUT2D eigenvalue weighted by Gasteiger charge is -2.07. The van der Waals surface area contributed by atoms with Gasteiger partial charge in [-0.25, -0.2) is 4.79 Å². The molecule has 100 valence electrons. The summed E-state index contributed by atoms with van der Waals surface area (Å²) >= 11 is 0. The molecular weight excluding hydrogens is 250 g/mol. The first-order valence-corrected chi connectivity index (χ1v) is 5.56. The van der Waals surface area contributed by atoms with Crippen molar-refractivity contribution in [3.8, 4) is 0 Å². The van der Waals surface area contributed by atoms with Gasteiger partial charge in [0.1, 0.15) is 18.6 Å². The highest BCUT2D eigenvalue weighted by molar-refractivity contribution is 5.86. The van der Waals surface area contributed by atoms with Gasteiger partial charge in [0.2, 0.25) is 5.91 Å². The van der Waals surface area contributed by atoms with Gasteiger partial charge in [-0.3, -0.25) is 4.79 Å². The zero-order chi connectivity index (χ0) is 13.8. The number of rotatable bonds is 5. The number of hydrogen-bond acceptors (Lipinski definition) is 4. The number of carbonyl (C=O) groups is 2. The van der Waals surface area contributed by atoms with E-state index in [1.807, 2.05) is 0 Å². The van der Waals surface area contributed by atoms with Crippen molar-refractivity contribution in [3.05, 3.63) is 36.2 Å². The molecule has 2 heterocycles. The molecule has 0 fully saturated rings. The van der Waals surface area contributed by atoms with Gasteiger partial charge in [0.15, 0.2) is 5.82 Å². The quantitative estimate of drug-likeness (QED) is 0.766. The number of aryl methyl sites for hydroxylation is 1. The molecule has 0 bridgehead atoms. The van der Waals surface area contributed by atoms with Crippen molar-refractivity contribution in [2.45, 2.75) is 13.1 Å². The summed E-state index contributed by atoms with van der Waals surface area (Å²) in [6, 6.07) is 3.03. The fourth-order valence-corrected chi connectivity index (χ4v) is 1.60. The first kappa shape index (κ1) is 12.8. The Balaban J connectivity index is 1.93. The van der Waals surface area contributed by atoms with E-state index < -0.39 is 5.97 Å². The number of nitrogens with one attached hydrogen (secondary N) is 1. The van der Waals surface area contributed by atoms with Crippen LogP contribution in [0.25, 0.3) is 0 Å². The van der Waals surface area contributed by atoms with Crippen LogP contribution in [-0.4, -0.2) is 36.3 Å². The molecule has 0 atom stereocenters. The number of carboxylic acids is 1. The van der Waals surface area contributed by atoms with Crippen molar-refractivity contribution in [1.29, 1.82) is 0 Å². The van der Waals surface area contributed by atoms with E-state index in [4.69, 9.17) is 5.11 Å². The fourth-order valence-electron chi connectivity index (χ4n) is 1.60. The Bertz CT molecular complexity index is 601. The molecule has 8 heteroatoms. The average Bonchev–Trinajstić information content (AvgIpc) is 2.95. The van der Waals surface area contributed by atoms with Crippen molar-refractivity contribution in [1.82, 2.24) is 24.6 Å². The molecule has 0 radical (unpaired) electrons. The van der Waals surface area contributed by atoms with Gasteiger partial charge in [0.25, 0.3) is 0 Å². The maximum Gasteiger partial charge on any atom is 0.352 e. The predicted octanol–water partition coefficient (Wildman–Crippen LogP) is -0.369. The van der Waals surface area contributed by atoms with Crippen molar-refractivity contribution in [2.24, 2.45) is 7.05 Å². The van der Waals surface area contributed by atoms with E-state index in [1.54, 1.807) is 23.9 Å². The molecule has 0 aliphatic carbocycles. The van der Waals surface area contributed by atoms with E-state index in [-0.39, 0.29) is 24.7 Å². The summed E-state index contributed by atoms with van der Waals surface area (Å²) in [5, 5.41) is 19.1. The number of nitrogens with zero attached hydrogens (tertiary/aromatic N) is 4. The molecule has 0 spiro atoms. The van der Waals surface area contributed by atoms with Crippen LogP contribution in [0.2, 0.25) is 0 Å². The number of hydrogen-bond donors (Lipinski definition) is 2. The van der Waals surface area contributed by atoms with Crippen LogP contribution in [0.5, 0.6) is 0 Å². The molecule has 8 nitrogen and oxygen atoms in total. The zero-order valence-electron chi connectivity index (χ0n) is 10.3. The molecular formula is C11H13N5O3. The molecule has 0 aliphatic heterocycles. The Morgan fingerprint density at radius 3 is 2.89 bits per heavy atom. The van der Waals surface area contributed by atoms with E-state index >= 15 is 0 Å². The van der Waals surface area contributed by atoms with Gasteiger partial charge in [0, 0.05) is 13.2 Å². The topological polar surface area (TPSA) is 102 Å². The summed E-state index contributed by atoms with van der Waals surface area (Å²) in [6.45, 7) is 0.200. The van der Waals surface area contributed by atoms with Crippen LogP contribution >= 0.6 is 0 Å². The normalized spacial score (nSPS) is 10.4. The SMILES string of the molecule is Cn1cnnc1CNC(=O)Cn1cccc1C(=O)O. The Morgan fingerprint density at radius 2 is 2.26 bits per heavy atom. The third kappa shape index (κ3) is 2.97. The fraction of sp³-hybridized carbons (Fsp3) is 0.273. The van der Waals surface area contributed by atoms with Crippen molar-refractivity contribution in [2.75, 3.05) is 0 Å². The summed E-state index contributed by atoms with van der Waals surface area (Å²) in [5.74, 6) is -0.730. The van der Waals surface area contributed by atoms with Gasteiger partial charge >= 0.3 is 5.97 Å². The van der Waals surface area contributed by atoms with E-state index in [1.165, 1.54) is 17.0 Å². The molecule has 0 aliphatic rings. The minimum Gasteiger partial charge on any atom is -0.477 e. The van der Waals surface area contributed by atoms with Gasteiger partial charge in [-0.15, -0.1) is 10.2 Å². The lowest BCUT2D eigenvalue weighted by molar-refractivity contribution is -0.121. The van der Waals surface area contributed by atoms with Crippen LogP contribution < -0.4 is 5.32 Å². The number of aromatic carboxylic acids is 1. The standard InChI is InChI=1S/C11H13N5O3/c1-15-7-13-14-9(15)5-12-10(17)6-16-4-2-3-8(16)11(18)19/h2-4,7H,5-6H2,1H3,(H,12,17)(H,18,19). The Morgan fingerprint density at radius 1 is 1.47 bits per heavy atom. The monoisotopic (exact) mass is 263 g/mol. The van der Waals surface area contributed by atoms with E-state index in [2.05, 4.69) is 15.5 Å². The third-order valence-corrected chi connectivity index (χ3v) is 2.61. The first-order valence-electron chi connectivity index (χ1n) is 5.56. The van der Waals surface area contributed by atoms with Crippen LogP contribution in [0.4, 0.5) is 0 Å². The minimum absolute atomic E-state index is 0.0491. The molecule has 19 heavy (non-hydrogen) atoms. The lowest BCUT2D eigenvalue weighted by Crippen LogP contribution is -2.29. The summed E-state index contributed by atoms with van der Waals surface area (Å²) in [4.78, 5) is 22.6. The van der Waals surface area contributed by atoms with Gasteiger partial charge in [-0.2, -0.15) is 0 Å². The second-order valence-corrected chi connectivity index (χ2v) is 3.96. The number of carbonyl (C=O) groups excluding carboxylic acids is 1. The second-order valence-electron chi connectivity index (χ2n) is 3.96. The summed E-state index contributed by atoms with van der Waals surface area (Å²) in [7, 11) is 1.77. The first-order chi connectivity index (χ1) is 9.08. The van der Waals surface area contributed by atoms with Crippen molar-refractivity contribution < 1.29 is 14.7 Å². The highest BCUT2D eigenvalue weighted by atomic mass is 16.4. The molecule has 2 N–H and O–H groups in total. The maximum absolute atomic E-state index is 11.7.